The van der Waals surface area contributed by atoms with Crippen LogP contribution in [0.4, 0.5) is 11.4 Å². The molecule has 2 N–H and O–H groups in total. The van der Waals surface area contributed by atoms with Gasteiger partial charge in [-0.25, -0.2) is 0 Å². The van der Waals surface area contributed by atoms with Gasteiger partial charge in [-0.15, -0.1) is 0 Å². The van der Waals surface area contributed by atoms with Crippen molar-refractivity contribution in [3.63, 3.8) is 0 Å². The Bertz CT molecular complexity index is 626. The SMILES string of the molecule is CC(=O)Nc1cccc(NCc2ccc(Br)c(C)c2)c1. The van der Waals surface area contributed by atoms with Crippen LogP contribution in [-0.4, -0.2) is 5.91 Å². The lowest BCUT2D eigenvalue weighted by Crippen LogP contribution is -2.06. The molecule has 0 saturated carbocycles. The van der Waals surface area contributed by atoms with Gasteiger partial charge < -0.3 is 10.6 Å². The number of carbonyl (C=O) groups excluding carboxylic acids is 1. The van der Waals surface area contributed by atoms with Crippen LogP contribution in [0.5, 0.6) is 0 Å². The lowest BCUT2D eigenvalue weighted by atomic mass is 10.1. The summed E-state index contributed by atoms with van der Waals surface area (Å²) >= 11 is 3.50. The minimum Gasteiger partial charge on any atom is -0.381 e. The van der Waals surface area contributed by atoms with Gasteiger partial charge in [0.1, 0.15) is 0 Å². The molecule has 0 radical (unpaired) electrons. The average Bonchev–Trinajstić information content (AvgIpc) is 2.40. The molecule has 104 valence electrons. The van der Waals surface area contributed by atoms with Crippen LogP contribution in [0, 0.1) is 6.92 Å². The summed E-state index contributed by atoms with van der Waals surface area (Å²) in [5, 5.41) is 6.13. The first kappa shape index (κ1) is 14.6. The minimum atomic E-state index is -0.0642. The van der Waals surface area contributed by atoms with Gasteiger partial charge >= 0.3 is 0 Å². The molecule has 4 heteroatoms. The third-order valence-electron chi connectivity index (χ3n) is 2.90. The standard InChI is InChI=1S/C16H17BrN2O/c1-11-8-13(6-7-16(11)17)10-18-14-4-3-5-15(9-14)19-12(2)20/h3-9,18H,10H2,1-2H3,(H,19,20). The third-order valence-corrected chi connectivity index (χ3v) is 3.79. The number of aryl methyl sites for hydroxylation is 1. The Balaban J connectivity index is 2.03. The van der Waals surface area contributed by atoms with E-state index in [1.807, 2.05) is 24.3 Å². The number of nitrogens with one attached hydrogen (secondary N) is 2. The molecule has 0 heterocycles. The summed E-state index contributed by atoms with van der Waals surface area (Å²) in [5.41, 5.74) is 4.22. The molecule has 2 aromatic rings. The molecule has 1 amide bonds. The number of hydrogen-bond donors (Lipinski definition) is 2. The fourth-order valence-corrected chi connectivity index (χ4v) is 2.18. The number of hydrogen-bond acceptors (Lipinski definition) is 2. The first-order valence-electron chi connectivity index (χ1n) is 6.41. The van der Waals surface area contributed by atoms with Crippen LogP contribution in [-0.2, 0) is 11.3 Å². The Labute approximate surface area is 127 Å². The zero-order valence-electron chi connectivity index (χ0n) is 11.5. The predicted octanol–water partition coefficient (Wildman–Crippen LogP) is 4.33. The second-order valence-electron chi connectivity index (χ2n) is 4.70. The molecule has 0 bridgehead atoms. The first-order chi connectivity index (χ1) is 9.54. The van der Waals surface area contributed by atoms with Gasteiger partial charge in [0.25, 0.3) is 0 Å². The van der Waals surface area contributed by atoms with Gasteiger partial charge in [-0.2, -0.15) is 0 Å². The number of benzene rings is 2. The molecule has 0 aliphatic heterocycles. The molecule has 0 aliphatic carbocycles. The summed E-state index contributed by atoms with van der Waals surface area (Å²) in [6, 6.07) is 14.0. The maximum atomic E-state index is 11.0. The van der Waals surface area contributed by atoms with E-state index in [2.05, 4.69) is 51.7 Å². The van der Waals surface area contributed by atoms with Crippen molar-refractivity contribution in [3.8, 4) is 0 Å². The van der Waals surface area contributed by atoms with Crippen molar-refractivity contribution in [2.24, 2.45) is 0 Å². The van der Waals surface area contributed by atoms with Gasteiger partial charge in [-0.1, -0.05) is 34.1 Å². The van der Waals surface area contributed by atoms with Crippen molar-refractivity contribution in [2.45, 2.75) is 20.4 Å². The molecular formula is C16H17BrN2O. The van der Waals surface area contributed by atoms with E-state index in [-0.39, 0.29) is 5.91 Å². The molecule has 0 saturated heterocycles. The van der Waals surface area contributed by atoms with E-state index in [1.165, 1.54) is 18.1 Å². The first-order valence-corrected chi connectivity index (χ1v) is 7.20. The van der Waals surface area contributed by atoms with Crippen molar-refractivity contribution in [1.82, 2.24) is 0 Å². The average molecular weight is 333 g/mol. The second-order valence-corrected chi connectivity index (χ2v) is 5.55. The Morgan fingerprint density at radius 1 is 1.15 bits per heavy atom. The highest BCUT2D eigenvalue weighted by Gasteiger charge is 2.00. The highest BCUT2D eigenvalue weighted by atomic mass is 79.9. The molecule has 2 rings (SSSR count). The fraction of sp³-hybridized carbons (Fsp3) is 0.188. The van der Waals surface area contributed by atoms with E-state index in [9.17, 15) is 4.79 Å². The molecule has 0 aliphatic rings. The lowest BCUT2D eigenvalue weighted by molar-refractivity contribution is -0.114. The summed E-state index contributed by atoms with van der Waals surface area (Å²) in [6.07, 6.45) is 0. The van der Waals surface area contributed by atoms with Crippen molar-refractivity contribution in [2.75, 3.05) is 10.6 Å². The van der Waals surface area contributed by atoms with Crippen LogP contribution in [0.1, 0.15) is 18.1 Å². The van der Waals surface area contributed by atoms with Gasteiger partial charge in [0.2, 0.25) is 5.91 Å². The third kappa shape index (κ3) is 4.10. The largest absolute Gasteiger partial charge is 0.381 e. The van der Waals surface area contributed by atoms with Crippen LogP contribution >= 0.6 is 15.9 Å². The maximum absolute atomic E-state index is 11.0. The quantitative estimate of drug-likeness (QED) is 0.874. The van der Waals surface area contributed by atoms with E-state index < -0.39 is 0 Å². The van der Waals surface area contributed by atoms with Gasteiger partial charge in [0.05, 0.1) is 0 Å². The lowest BCUT2D eigenvalue weighted by Gasteiger charge is -2.10. The Hall–Kier alpha value is -1.81. The fourth-order valence-electron chi connectivity index (χ4n) is 1.93. The predicted molar refractivity (Wildman–Crippen MR) is 87.0 cm³/mol. The van der Waals surface area contributed by atoms with Crippen molar-refractivity contribution in [3.05, 3.63) is 58.1 Å². The molecule has 0 unspecified atom stereocenters. The van der Waals surface area contributed by atoms with Crippen LogP contribution in [0.15, 0.2) is 46.9 Å². The smallest absolute Gasteiger partial charge is 0.221 e. The van der Waals surface area contributed by atoms with Gasteiger partial charge in [-0.3, -0.25) is 4.79 Å². The molecule has 0 fully saturated rings. The summed E-state index contributed by atoms with van der Waals surface area (Å²) in [7, 11) is 0. The number of rotatable bonds is 4. The van der Waals surface area contributed by atoms with Gasteiger partial charge in [-0.05, 0) is 42.3 Å². The molecule has 0 spiro atoms. The van der Waals surface area contributed by atoms with Crippen LogP contribution in [0.2, 0.25) is 0 Å². The number of halogens is 1. The molecular weight excluding hydrogens is 316 g/mol. The van der Waals surface area contributed by atoms with Gasteiger partial charge in [0, 0.05) is 29.3 Å². The highest BCUT2D eigenvalue weighted by Crippen LogP contribution is 2.19. The van der Waals surface area contributed by atoms with E-state index in [0.29, 0.717) is 0 Å². The van der Waals surface area contributed by atoms with Crippen LogP contribution in [0.3, 0.4) is 0 Å². The normalized spacial score (nSPS) is 10.2. The summed E-state index contributed by atoms with van der Waals surface area (Å²) in [6.45, 7) is 4.33. The van der Waals surface area contributed by atoms with Gasteiger partial charge in [0.15, 0.2) is 0 Å². The maximum Gasteiger partial charge on any atom is 0.221 e. The molecule has 0 atom stereocenters. The van der Waals surface area contributed by atoms with E-state index >= 15 is 0 Å². The summed E-state index contributed by atoms with van der Waals surface area (Å²) in [5.74, 6) is -0.0642. The van der Waals surface area contributed by atoms with Crippen molar-refractivity contribution in [1.29, 1.82) is 0 Å². The second kappa shape index (κ2) is 6.57. The zero-order valence-corrected chi connectivity index (χ0v) is 13.1. The summed E-state index contributed by atoms with van der Waals surface area (Å²) in [4.78, 5) is 11.0. The summed E-state index contributed by atoms with van der Waals surface area (Å²) < 4.78 is 1.12. The van der Waals surface area contributed by atoms with Crippen molar-refractivity contribution < 1.29 is 4.79 Å². The van der Waals surface area contributed by atoms with Crippen LogP contribution < -0.4 is 10.6 Å². The van der Waals surface area contributed by atoms with E-state index in [1.54, 1.807) is 0 Å². The number of carbonyl (C=O) groups is 1. The van der Waals surface area contributed by atoms with E-state index in [0.717, 1.165) is 22.4 Å². The minimum absolute atomic E-state index is 0.0642. The molecule has 20 heavy (non-hydrogen) atoms. The topological polar surface area (TPSA) is 41.1 Å². The van der Waals surface area contributed by atoms with E-state index in [4.69, 9.17) is 0 Å². The van der Waals surface area contributed by atoms with Crippen molar-refractivity contribution >= 4 is 33.2 Å². The Kier molecular flexibility index (Phi) is 4.79. The zero-order chi connectivity index (χ0) is 14.5. The molecule has 0 aromatic heterocycles. The monoisotopic (exact) mass is 332 g/mol. The Morgan fingerprint density at radius 3 is 2.60 bits per heavy atom. The number of anilines is 2. The Morgan fingerprint density at radius 2 is 1.90 bits per heavy atom. The molecule has 3 nitrogen and oxygen atoms in total. The molecule has 2 aromatic carbocycles. The highest BCUT2D eigenvalue weighted by molar-refractivity contribution is 9.10. The van der Waals surface area contributed by atoms with Crippen LogP contribution in [0.25, 0.3) is 0 Å². The number of amides is 1.